The van der Waals surface area contributed by atoms with E-state index in [1.165, 1.54) is 24.9 Å². The molecule has 0 atom stereocenters. The molecule has 0 radical (unpaired) electrons. The Morgan fingerprint density at radius 3 is 2.48 bits per heavy atom. The summed E-state index contributed by atoms with van der Waals surface area (Å²) in [6.45, 7) is 0.610. The number of amides is 1. The van der Waals surface area contributed by atoms with Gasteiger partial charge in [-0.25, -0.2) is 4.98 Å². The van der Waals surface area contributed by atoms with Crippen molar-refractivity contribution in [2.75, 3.05) is 39.0 Å². The van der Waals surface area contributed by atoms with Crippen LogP contribution < -0.4 is 20.3 Å². The van der Waals surface area contributed by atoms with E-state index in [9.17, 15) is 9.59 Å². The number of carbonyl (C=O) groups is 1. The van der Waals surface area contributed by atoms with E-state index in [2.05, 4.69) is 20.3 Å². The first-order chi connectivity index (χ1) is 14.9. The summed E-state index contributed by atoms with van der Waals surface area (Å²) in [6.07, 6.45) is 0. The number of ether oxygens (including phenoxy) is 3. The van der Waals surface area contributed by atoms with Gasteiger partial charge in [0.2, 0.25) is 23.6 Å². The standard InChI is InChI=1S/C19H20ClN5O5S/c1-28-7-6-25-17(27)12-5-4-11(20)8-13(12)21-19(25)31-10-14(26)22-18-23-15(29-2)9-16(24-18)30-3/h4-5,8-9H,6-7,10H2,1-3H3,(H,22,23,24,26). The maximum Gasteiger partial charge on any atom is 0.262 e. The van der Waals surface area contributed by atoms with Crippen molar-refractivity contribution in [3.05, 3.63) is 39.6 Å². The fourth-order valence-electron chi connectivity index (χ4n) is 2.62. The molecule has 164 valence electrons. The highest BCUT2D eigenvalue weighted by Crippen LogP contribution is 2.21. The average Bonchev–Trinajstić information content (AvgIpc) is 2.76. The van der Waals surface area contributed by atoms with E-state index < -0.39 is 0 Å². The fraction of sp³-hybridized carbons (Fsp3) is 0.316. The van der Waals surface area contributed by atoms with Crippen molar-refractivity contribution in [2.45, 2.75) is 11.7 Å². The lowest BCUT2D eigenvalue weighted by Crippen LogP contribution is -2.26. The highest BCUT2D eigenvalue weighted by molar-refractivity contribution is 7.99. The SMILES string of the molecule is COCCn1c(SCC(=O)Nc2nc(OC)cc(OC)n2)nc2cc(Cl)ccc2c1=O. The minimum absolute atomic E-state index is 0.0334. The van der Waals surface area contributed by atoms with E-state index in [4.69, 9.17) is 25.8 Å². The molecule has 0 spiro atoms. The zero-order valence-electron chi connectivity index (χ0n) is 17.0. The predicted molar refractivity (Wildman–Crippen MR) is 117 cm³/mol. The van der Waals surface area contributed by atoms with Crippen LogP contribution in [0.5, 0.6) is 11.8 Å². The van der Waals surface area contributed by atoms with E-state index in [0.29, 0.717) is 34.2 Å². The summed E-state index contributed by atoms with van der Waals surface area (Å²) in [4.78, 5) is 38.0. The van der Waals surface area contributed by atoms with E-state index in [0.717, 1.165) is 11.8 Å². The Balaban J connectivity index is 1.82. The van der Waals surface area contributed by atoms with Gasteiger partial charge in [0.1, 0.15) is 0 Å². The smallest absolute Gasteiger partial charge is 0.262 e. The molecule has 2 heterocycles. The largest absolute Gasteiger partial charge is 0.481 e. The number of nitrogens with zero attached hydrogens (tertiary/aromatic N) is 4. The summed E-state index contributed by atoms with van der Waals surface area (Å²) < 4.78 is 16.7. The molecule has 0 saturated heterocycles. The van der Waals surface area contributed by atoms with Crippen LogP contribution in [-0.2, 0) is 16.1 Å². The van der Waals surface area contributed by atoms with Gasteiger partial charge in [-0.3, -0.25) is 19.5 Å². The van der Waals surface area contributed by atoms with E-state index in [1.54, 1.807) is 25.3 Å². The molecule has 0 aliphatic rings. The number of methoxy groups -OCH3 is 3. The zero-order chi connectivity index (χ0) is 22.4. The summed E-state index contributed by atoms with van der Waals surface area (Å²) in [5, 5.41) is 3.85. The molecule has 0 fully saturated rings. The molecule has 3 aromatic rings. The third-order valence-corrected chi connectivity index (χ3v) is 5.29. The molecule has 3 rings (SSSR count). The minimum Gasteiger partial charge on any atom is -0.481 e. The highest BCUT2D eigenvalue weighted by atomic mass is 35.5. The number of hydrogen-bond donors (Lipinski definition) is 1. The quantitative estimate of drug-likeness (QED) is 0.375. The first-order valence-corrected chi connectivity index (χ1v) is 10.4. The number of rotatable bonds is 9. The van der Waals surface area contributed by atoms with Crippen LogP contribution in [0.25, 0.3) is 10.9 Å². The van der Waals surface area contributed by atoms with Crippen LogP contribution in [0.1, 0.15) is 0 Å². The van der Waals surface area contributed by atoms with Crippen molar-refractivity contribution in [2.24, 2.45) is 0 Å². The zero-order valence-corrected chi connectivity index (χ0v) is 18.6. The molecule has 1 N–H and O–H groups in total. The second-order valence-electron chi connectivity index (χ2n) is 6.12. The molecular weight excluding hydrogens is 446 g/mol. The molecular formula is C19H20ClN5O5S. The first-order valence-electron chi connectivity index (χ1n) is 9.04. The maximum absolute atomic E-state index is 12.9. The minimum atomic E-state index is -0.390. The summed E-state index contributed by atoms with van der Waals surface area (Å²) in [6, 6.07) is 6.36. The molecule has 1 amide bonds. The molecule has 2 aromatic heterocycles. The van der Waals surface area contributed by atoms with Crippen LogP contribution in [0.4, 0.5) is 5.95 Å². The number of halogens is 1. The Morgan fingerprint density at radius 1 is 1.13 bits per heavy atom. The fourth-order valence-corrected chi connectivity index (χ4v) is 3.62. The molecule has 10 nitrogen and oxygen atoms in total. The number of aromatic nitrogens is 4. The third kappa shape index (κ3) is 5.63. The van der Waals surface area contributed by atoms with E-state index in [-0.39, 0.29) is 34.9 Å². The Kier molecular flexibility index (Phi) is 7.66. The van der Waals surface area contributed by atoms with Gasteiger partial charge in [0.25, 0.3) is 5.56 Å². The van der Waals surface area contributed by atoms with Crippen molar-refractivity contribution in [1.29, 1.82) is 0 Å². The Morgan fingerprint density at radius 2 is 1.84 bits per heavy atom. The number of fused-ring (bicyclic) bond motifs is 1. The van der Waals surface area contributed by atoms with Gasteiger partial charge in [-0.1, -0.05) is 23.4 Å². The third-order valence-electron chi connectivity index (χ3n) is 4.08. The summed E-state index contributed by atoms with van der Waals surface area (Å²) >= 11 is 7.14. The van der Waals surface area contributed by atoms with Crippen molar-refractivity contribution in [3.8, 4) is 11.8 Å². The molecule has 12 heteroatoms. The summed E-state index contributed by atoms with van der Waals surface area (Å²) in [7, 11) is 4.43. The number of nitrogens with one attached hydrogen (secondary N) is 1. The number of thioether (sulfide) groups is 1. The van der Waals surface area contributed by atoms with Crippen LogP contribution in [0.3, 0.4) is 0 Å². The summed E-state index contributed by atoms with van der Waals surface area (Å²) in [5.74, 6) is 0.109. The second kappa shape index (κ2) is 10.4. The molecule has 0 aliphatic carbocycles. The first kappa shape index (κ1) is 22.8. The number of anilines is 1. The number of benzene rings is 1. The van der Waals surface area contributed by atoms with E-state index >= 15 is 0 Å². The highest BCUT2D eigenvalue weighted by Gasteiger charge is 2.15. The lowest BCUT2D eigenvalue weighted by atomic mass is 10.2. The Labute approximate surface area is 186 Å². The number of carbonyl (C=O) groups excluding carboxylic acids is 1. The van der Waals surface area contributed by atoms with Gasteiger partial charge in [0, 0.05) is 12.1 Å². The van der Waals surface area contributed by atoms with Crippen molar-refractivity contribution >= 4 is 46.1 Å². The monoisotopic (exact) mass is 465 g/mol. The van der Waals surface area contributed by atoms with Crippen LogP contribution in [-0.4, -0.2) is 59.1 Å². The van der Waals surface area contributed by atoms with Crippen LogP contribution >= 0.6 is 23.4 Å². The molecule has 0 saturated carbocycles. The topological polar surface area (TPSA) is 117 Å². The molecule has 0 unspecified atom stereocenters. The number of hydrogen-bond acceptors (Lipinski definition) is 9. The van der Waals surface area contributed by atoms with Gasteiger partial charge >= 0.3 is 0 Å². The lowest BCUT2D eigenvalue weighted by Gasteiger charge is -2.13. The predicted octanol–water partition coefficient (Wildman–Crippen LogP) is 2.23. The van der Waals surface area contributed by atoms with Gasteiger partial charge < -0.3 is 14.2 Å². The average molecular weight is 466 g/mol. The van der Waals surface area contributed by atoms with Gasteiger partial charge in [-0.15, -0.1) is 0 Å². The second-order valence-corrected chi connectivity index (χ2v) is 7.50. The lowest BCUT2D eigenvalue weighted by molar-refractivity contribution is -0.113. The van der Waals surface area contributed by atoms with Gasteiger partial charge in [-0.05, 0) is 18.2 Å². The molecule has 0 aliphatic heterocycles. The van der Waals surface area contributed by atoms with Crippen LogP contribution in [0.2, 0.25) is 5.02 Å². The Bertz CT molecular complexity index is 1130. The van der Waals surface area contributed by atoms with Gasteiger partial charge in [-0.2, -0.15) is 9.97 Å². The van der Waals surface area contributed by atoms with Crippen molar-refractivity contribution in [3.63, 3.8) is 0 Å². The normalized spacial score (nSPS) is 10.8. The molecule has 31 heavy (non-hydrogen) atoms. The molecule has 0 bridgehead atoms. The van der Waals surface area contributed by atoms with Crippen molar-refractivity contribution in [1.82, 2.24) is 19.5 Å². The van der Waals surface area contributed by atoms with Crippen LogP contribution in [0.15, 0.2) is 34.2 Å². The van der Waals surface area contributed by atoms with E-state index in [1.807, 2.05) is 0 Å². The van der Waals surface area contributed by atoms with Gasteiger partial charge in [0.05, 0.1) is 50.1 Å². The maximum atomic E-state index is 12.9. The van der Waals surface area contributed by atoms with Gasteiger partial charge in [0.15, 0.2) is 5.16 Å². The van der Waals surface area contributed by atoms with Crippen LogP contribution in [0, 0.1) is 0 Å². The van der Waals surface area contributed by atoms with Crippen molar-refractivity contribution < 1.29 is 19.0 Å². The molecule has 1 aromatic carbocycles. The Hall–Kier alpha value is -2.89. The summed E-state index contributed by atoms with van der Waals surface area (Å²) in [5.41, 5.74) is 0.220.